The molecule has 0 saturated heterocycles. The smallest absolute Gasteiger partial charge is 0.356 e. The molecule has 3 rings (SSSR count). The first kappa shape index (κ1) is 18.4. The number of carboxylic acid groups (broad SMARTS) is 1. The minimum atomic E-state index is -1.11. The van der Waals surface area contributed by atoms with Crippen LogP contribution in [0.25, 0.3) is 5.69 Å². The Morgan fingerprint density at radius 3 is 2.44 bits per heavy atom. The van der Waals surface area contributed by atoms with Gasteiger partial charge in [0.2, 0.25) is 0 Å². The fourth-order valence-electron chi connectivity index (χ4n) is 2.85. The number of nitrogens with zero attached hydrogens (tertiary/aromatic N) is 4. The average Bonchev–Trinajstić information content (AvgIpc) is 3.21. The molecule has 140 valence electrons. The summed E-state index contributed by atoms with van der Waals surface area (Å²) in [5.74, 6) is -1.40. The average molecular weight is 367 g/mol. The molecule has 0 aliphatic rings. The number of benzene rings is 1. The standard InChI is InChI=1S/C19H21N5O3/c1-12-13(11-20-24(12)19(2,3)4)17(25)21-14-7-5-6-8-16(14)23-10-9-15(22-23)18(26)27/h5-11H,1-4H3,(H,21,25)(H,26,27). The first-order valence-electron chi connectivity index (χ1n) is 8.43. The van der Waals surface area contributed by atoms with Crippen LogP contribution < -0.4 is 5.32 Å². The van der Waals surface area contributed by atoms with E-state index in [9.17, 15) is 9.59 Å². The first-order valence-corrected chi connectivity index (χ1v) is 8.43. The Labute approximate surface area is 156 Å². The zero-order valence-corrected chi connectivity index (χ0v) is 15.6. The van der Waals surface area contributed by atoms with E-state index in [1.807, 2.05) is 27.7 Å². The molecule has 1 amide bonds. The molecule has 0 aliphatic heterocycles. The van der Waals surface area contributed by atoms with Crippen LogP contribution in [0.1, 0.15) is 47.3 Å². The first-order chi connectivity index (χ1) is 12.7. The summed E-state index contributed by atoms with van der Waals surface area (Å²) in [7, 11) is 0. The van der Waals surface area contributed by atoms with Crippen molar-refractivity contribution in [2.75, 3.05) is 5.32 Å². The Morgan fingerprint density at radius 2 is 1.85 bits per heavy atom. The highest BCUT2D eigenvalue weighted by molar-refractivity contribution is 6.05. The lowest BCUT2D eigenvalue weighted by Gasteiger charge is -2.21. The molecule has 3 aromatic rings. The highest BCUT2D eigenvalue weighted by Gasteiger charge is 2.22. The lowest BCUT2D eigenvalue weighted by molar-refractivity contribution is 0.0689. The Hall–Kier alpha value is -3.42. The lowest BCUT2D eigenvalue weighted by Crippen LogP contribution is -2.25. The van der Waals surface area contributed by atoms with Crippen LogP contribution in [-0.2, 0) is 5.54 Å². The number of nitrogens with one attached hydrogen (secondary N) is 1. The monoisotopic (exact) mass is 367 g/mol. The Balaban J connectivity index is 1.92. The van der Waals surface area contributed by atoms with Crippen LogP contribution in [0, 0.1) is 6.92 Å². The Kier molecular flexibility index (Phi) is 4.57. The largest absolute Gasteiger partial charge is 0.476 e. The molecule has 8 heteroatoms. The molecule has 1 aromatic carbocycles. The Bertz CT molecular complexity index is 1010. The molecule has 0 spiro atoms. The fraction of sp³-hybridized carbons (Fsp3) is 0.263. The number of hydrogen-bond acceptors (Lipinski definition) is 4. The van der Waals surface area contributed by atoms with Crippen LogP contribution in [0.5, 0.6) is 0 Å². The van der Waals surface area contributed by atoms with Crippen molar-refractivity contribution >= 4 is 17.6 Å². The normalized spacial score (nSPS) is 11.4. The van der Waals surface area contributed by atoms with Crippen molar-refractivity contribution in [1.29, 1.82) is 0 Å². The van der Waals surface area contributed by atoms with E-state index >= 15 is 0 Å². The summed E-state index contributed by atoms with van der Waals surface area (Å²) in [6, 6.07) is 8.46. The lowest BCUT2D eigenvalue weighted by atomic mass is 10.1. The minimum Gasteiger partial charge on any atom is -0.476 e. The van der Waals surface area contributed by atoms with Gasteiger partial charge in [-0.15, -0.1) is 0 Å². The molecule has 0 aliphatic carbocycles. The van der Waals surface area contributed by atoms with Crippen LogP contribution in [0.2, 0.25) is 0 Å². The molecule has 8 nitrogen and oxygen atoms in total. The van der Waals surface area contributed by atoms with Crippen molar-refractivity contribution in [2.45, 2.75) is 33.2 Å². The topological polar surface area (TPSA) is 102 Å². The van der Waals surface area contributed by atoms with E-state index in [0.29, 0.717) is 16.9 Å². The van der Waals surface area contributed by atoms with Crippen LogP contribution in [0.15, 0.2) is 42.7 Å². The third-order valence-electron chi connectivity index (χ3n) is 4.10. The summed E-state index contributed by atoms with van der Waals surface area (Å²) in [6.45, 7) is 7.90. The number of anilines is 1. The van der Waals surface area contributed by atoms with E-state index in [-0.39, 0.29) is 17.1 Å². The zero-order valence-electron chi connectivity index (χ0n) is 15.6. The van der Waals surface area contributed by atoms with Crippen molar-refractivity contribution < 1.29 is 14.7 Å². The molecule has 2 heterocycles. The number of rotatable bonds is 4. The molecule has 2 aromatic heterocycles. The number of carbonyl (C=O) groups excluding carboxylic acids is 1. The van der Waals surface area contributed by atoms with E-state index in [2.05, 4.69) is 15.5 Å². The van der Waals surface area contributed by atoms with Crippen molar-refractivity contribution in [2.24, 2.45) is 0 Å². The third-order valence-corrected chi connectivity index (χ3v) is 4.10. The molecule has 0 unspecified atom stereocenters. The highest BCUT2D eigenvalue weighted by Crippen LogP contribution is 2.23. The molecule has 27 heavy (non-hydrogen) atoms. The van der Waals surface area contributed by atoms with Gasteiger partial charge >= 0.3 is 5.97 Å². The van der Waals surface area contributed by atoms with Gasteiger partial charge in [0.15, 0.2) is 5.69 Å². The highest BCUT2D eigenvalue weighted by atomic mass is 16.4. The molecule has 0 saturated carbocycles. The van der Waals surface area contributed by atoms with Gasteiger partial charge in [0.1, 0.15) is 0 Å². The zero-order chi connectivity index (χ0) is 19.8. The fourth-order valence-corrected chi connectivity index (χ4v) is 2.85. The van der Waals surface area contributed by atoms with Gasteiger partial charge in [-0.05, 0) is 45.9 Å². The van der Waals surface area contributed by atoms with Crippen molar-refractivity contribution in [3.63, 3.8) is 0 Å². The van der Waals surface area contributed by atoms with Gasteiger partial charge in [-0.2, -0.15) is 10.2 Å². The van der Waals surface area contributed by atoms with Crippen LogP contribution >= 0.6 is 0 Å². The van der Waals surface area contributed by atoms with Gasteiger partial charge in [0, 0.05) is 11.9 Å². The van der Waals surface area contributed by atoms with E-state index in [0.717, 1.165) is 5.69 Å². The predicted octanol–water partition coefficient (Wildman–Crippen LogP) is 3.08. The van der Waals surface area contributed by atoms with E-state index in [4.69, 9.17) is 5.11 Å². The van der Waals surface area contributed by atoms with Crippen molar-refractivity contribution in [1.82, 2.24) is 19.6 Å². The second-order valence-electron chi connectivity index (χ2n) is 7.15. The van der Waals surface area contributed by atoms with Crippen molar-refractivity contribution in [3.05, 3.63) is 59.7 Å². The second kappa shape index (κ2) is 6.71. The number of carbonyl (C=O) groups is 2. The maximum absolute atomic E-state index is 12.8. The number of para-hydroxylation sites is 2. The summed E-state index contributed by atoms with van der Waals surface area (Å²) < 4.78 is 3.23. The molecule has 0 fully saturated rings. The van der Waals surface area contributed by atoms with E-state index < -0.39 is 5.97 Å². The third kappa shape index (κ3) is 3.59. The molecular weight excluding hydrogens is 346 g/mol. The SMILES string of the molecule is Cc1c(C(=O)Nc2ccccc2-n2ccc(C(=O)O)n2)cnn1C(C)(C)C. The van der Waals surface area contributed by atoms with Gasteiger partial charge < -0.3 is 10.4 Å². The van der Waals surface area contributed by atoms with Gasteiger partial charge in [-0.3, -0.25) is 9.48 Å². The van der Waals surface area contributed by atoms with Crippen LogP contribution in [-0.4, -0.2) is 36.5 Å². The molecule has 0 atom stereocenters. The summed E-state index contributed by atoms with van der Waals surface area (Å²) in [4.78, 5) is 23.8. The van der Waals surface area contributed by atoms with Gasteiger partial charge in [-0.25, -0.2) is 9.48 Å². The number of aromatic carboxylic acids is 1. The van der Waals surface area contributed by atoms with Crippen LogP contribution in [0.3, 0.4) is 0 Å². The summed E-state index contributed by atoms with van der Waals surface area (Å²) in [6.07, 6.45) is 3.09. The van der Waals surface area contributed by atoms with Crippen molar-refractivity contribution in [3.8, 4) is 5.69 Å². The molecule has 2 N–H and O–H groups in total. The maximum atomic E-state index is 12.8. The molecular formula is C19H21N5O3. The van der Waals surface area contributed by atoms with E-state index in [1.54, 1.807) is 35.1 Å². The predicted molar refractivity (Wildman–Crippen MR) is 100 cm³/mol. The maximum Gasteiger partial charge on any atom is 0.356 e. The summed E-state index contributed by atoms with van der Waals surface area (Å²) >= 11 is 0. The minimum absolute atomic E-state index is 0.0709. The Morgan fingerprint density at radius 1 is 1.15 bits per heavy atom. The summed E-state index contributed by atoms with van der Waals surface area (Å²) in [5, 5.41) is 20.3. The second-order valence-corrected chi connectivity index (χ2v) is 7.15. The van der Waals surface area contributed by atoms with Gasteiger partial charge in [0.25, 0.3) is 5.91 Å². The summed E-state index contributed by atoms with van der Waals surface area (Å²) in [5.41, 5.74) is 2.03. The molecule has 0 bridgehead atoms. The number of hydrogen-bond donors (Lipinski definition) is 2. The number of carboxylic acids is 1. The number of aromatic nitrogens is 4. The van der Waals surface area contributed by atoms with Gasteiger partial charge in [0.05, 0.1) is 28.7 Å². The molecule has 0 radical (unpaired) electrons. The van der Waals surface area contributed by atoms with E-state index in [1.165, 1.54) is 16.9 Å². The van der Waals surface area contributed by atoms with Gasteiger partial charge in [-0.1, -0.05) is 12.1 Å². The number of amides is 1. The van der Waals surface area contributed by atoms with Crippen LogP contribution in [0.4, 0.5) is 5.69 Å². The quantitative estimate of drug-likeness (QED) is 0.738.